The zero-order valence-electron chi connectivity index (χ0n) is 12.9. The van der Waals surface area contributed by atoms with Gasteiger partial charge in [0.1, 0.15) is 6.61 Å². The van der Waals surface area contributed by atoms with E-state index >= 15 is 0 Å². The number of carboxylic acids is 1. The molecule has 0 aliphatic heterocycles. The standard InChI is InChI=1S/C16H13N3O4.Na/c17-13-11-7-4-8-18-14(11)19(15(20)12(13)16(21)22)23-9-10-5-2-1-3-6-10;/h1-8H,9,17H2,(H,21,22);/q;+1/p-1. The van der Waals surface area contributed by atoms with E-state index in [-0.39, 0.29) is 47.5 Å². The van der Waals surface area contributed by atoms with E-state index in [1.165, 1.54) is 6.20 Å². The van der Waals surface area contributed by atoms with E-state index in [1.807, 2.05) is 30.3 Å². The van der Waals surface area contributed by atoms with Crippen molar-refractivity contribution in [2.45, 2.75) is 6.61 Å². The molecule has 2 aromatic heterocycles. The van der Waals surface area contributed by atoms with Crippen LogP contribution in [0.3, 0.4) is 0 Å². The molecule has 0 saturated carbocycles. The van der Waals surface area contributed by atoms with Crippen LogP contribution < -0.4 is 50.8 Å². The van der Waals surface area contributed by atoms with E-state index in [0.717, 1.165) is 10.3 Å². The topological polar surface area (TPSA) is 110 Å². The van der Waals surface area contributed by atoms with Gasteiger partial charge in [0, 0.05) is 11.6 Å². The zero-order chi connectivity index (χ0) is 16.4. The molecule has 3 aromatic rings. The van der Waals surface area contributed by atoms with Crippen LogP contribution in [-0.4, -0.2) is 15.7 Å². The molecule has 2 heterocycles. The minimum atomic E-state index is -1.66. The summed E-state index contributed by atoms with van der Waals surface area (Å²) in [5.74, 6) is -1.66. The molecule has 0 unspecified atom stereocenters. The van der Waals surface area contributed by atoms with E-state index in [9.17, 15) is 14.7 Å². The van der Waals surface area contributed by atoms with Gasteiger partial charge in [0.15, 0.2) is 5.65 Å². The molecular weight excluding hydrogens is 321 g/mol. The molecule has 0 bridgehead atoms. The molecule has 1 aromatic carbocycles. The number of hydrogen-bond donors (Lipinski definition) is 1. The number of benzene rings is 1. The molecular formula is C16H12N3NaO4. The van der Waals surface area contributed by atoms with Crippen LogP contribution in [0.1, 0.15) is 15.9 Å². The molecule has 116 valence electrons. The summed E-state index contributed by atoms with van der Waals surface area (Å²) >= 11 is 0. The number of carboxylic acid groups (broad SMARTS) is 1. The zero-order valence-corrected chi connectivity index (χ0v) is 14.9. The van der Waals surface area contributed by atoms with Crippen LogP contribution in [0.15, 0.2) is 53.5 Å². The maximum atomic E-state index is 12.4. The van der Waals surface area contributed by atoms with Crippen molar-refractivity contribution in [2.75, 3.05) is 5.73 Å². The number of aromatic nitrogens is 2. The predicted octanol–water partition coefficient (Wildman–Crippen LogP) is -3.02. The quantitative estimate of drug-likeness (QED) is 0.509. The fraction of sp³-hybridized carbons (Fsp3) is 0.0625. The van der Waals surface area contributed by atoms with Crippen LogP contribution >= 0.6 is 0 Å². The molecule has 0 spiro atoms. The monoisotopic (exact) mass is 333 g/mol. The molecule has 0 aliphatic rings. The van der Waals surface area contributed by atoms with Crippen LogP contribution in [-0.2, 0) is 6.61 Å². The second-order valence-corrected chi connectivity index (χ2v) is 4.81. The van der Waals surface area contributed by atoms with Crippen LogP contribution in [0.25, 0.3) is 11.0 Å². The van der Waals surface area contributed by atoms with E-state index in [1.54, 1.807) is 12.1 Å². The minimum Gasteiger partial charge on any atom is -0.545 e. The molecule has 0 atom stereocenters. The number of carbonyl (C=O) groups excluding carboxylic acids is 1. The predicted molar refractivity (Wildman–Crippen MR) is 81.5 cm³/mol. The molecule has 0 fully saturated rings. The number of hydrogen-bond acceptors (Lipinski definition) is 6. The second-order valence-electron chi connectivity index (χ2n) is 4.81. The molecule has 2 N–H and O–H groups in total. The summed E-state index contributed by atoms with van der Waals surface area (Å²) in [6, 6.07) is 12.3. The molecule has 0 amide bonds. The van der Waals surface area contributed by atoms with Crippen molar-refractivity contribution in [1.82, 2.24) is 9.71 Å². The average Bonchev–Trinajstić information content (AvgIpc) is 2.55. The largest absolute Gasteiger partial charge is 1.00 e. The molecule has 8 heteroatoms. The Morgan fingerprint density at radius 1 is 1.21 bits per heavy atom. The van der Waals surface area contributed by atoms with Gasteiger partial charge in [0.2, 0.25) is 0 Å². The Hall–Kier alpha value is -2.35. The summed E-state index contributed by atoms with van der Waals surface area (Å²) in [6.07, 6.45) is 1.46. The summed E-state index contributed by atoms with van der Waals surface area (Å²) < 4.78 is 0.837. The maximum absolute atomic E-state index is 12.4. The van der Waals surface area contributed by atoms with E-state index in [2.05, 4.69) is 4.98 Å². The summed E-state index contributed by atoms with van der Waals surface area (Å²) in [4.78, 5) is 33.1. The van der Waals surface area contributed by atoms with Crippen LogP contribution in [0.5, 0.6) is 0 Å². The first-order valence-corrected chi connectivity index (χ1v) is 6.77. The van der Waals surface area contributed by atoms with Crippen molar-refractivity contribution < 1.29 is 44.3 Å². The number of anilines is 1. The fourth-order valence-electron chi connectivity index (χ4n) is 2.25. The third kappa shape index (κ3) is 3.28. The number of nitrogen functional groups attached to an aromatic ring is 1. The fourth-order valence-corrected chi connectivity index (χ4v) is 2.25. The Morgan fingerprint density at radius 3 is 2.58 bits per heavy atom. The average molecular weight is 333 g/mol. The van der Waals surface area contributed by atoms with Crippen molar-refractivity contribution in [2.24, 2.45) is 0 Å². The Bertz CT molecular complexity index is 941. The van der Waals surface area contributed by atoms with Gasteiger partial charge >= 0.3 is 29.6 Å². The van der Waals surface area contributed by atoms with Crippen molar-refractivity contribution in [3.05, 3.63) is 70.1 Å². The summed E-state index contributed by atoms with van der Waals surface area (Å²) in [6.45, 7) is 0.0722. The number of pyridine rings is 2. The van der Waals surface area contributed by atoms with Gasteiger partial charge in [0.05, 0.1) is 17.2 Å². The van der Waals surface area contributed by atoms with Crippen LogP contribution in [0.4, 0.5) is 5.69 Å². The van der Waals surface area contributed by atoms with Crippen molar-refractivity contribution in [3.8, 4) is 0 Å². The van der Waals surface area contributed by atoms with E-state index in [4.69, 9.17) is 10.6 Å². The second kappa shape index (κ2) is 7.48. The molecule has 0 aliphatic carbocycles. The van der Waals surface area contributed by atoms with Crippen molar-refractivity contribution >= 4 is 22.7 Å². The van der Waals surface area contributed by atoms with Gasteiger partial charge in [-0.05, 0) is 17.7 Å². The summed E-state index contributed by atoms with van der Waals surface area (Å²) in [5, 5.41) is 11.5. The Kier molecular flexibility index (Phi) is 5.61. The molecule has 24 heavy (non-hydrogen) atoms. The van der Waals surface area contributed by atoms with E-state index < -0.39 is 17.1 Å². The Balaban J connectivity index is 0.00000208. The van der Waals surface area contributed by atoms with Gasteiger partial charge in [-0.15, -0.1) is 4.73 Å². The number of rotatable bonds is 4. The first kappa shape index (κ1) is 18.0. The van der Waals surface area contributed by atoms with Gasteiger partial charge in [-0.1, -0.05) is 30.3 Å². The SMILES string of the molecule is Nc1c(C(=O)[O-])c(=O)n(OCc2ccccc2)c2ncccc12.[Na+]. The number of nitrogens with zero attached hydrogens (tertiary/aromatic N) is 2. The van der Waals surface area contributed by atoms with Crippen molar-refractivity contribution in [3.63, 3.8) is 0 Å². The third-order valence-corrected chi connectivity index (χ3v) is 3.34. The smallest absolute Gasteiger partial charge is 0.545 e. The minimum absolute atomic E-state index is 0. The Labute approximate surface area is 158 Å². The number of fused-ring (bicyclic) bond motifs is 1. The summed E-state index contributed by atoms with van der Waals surface area (Å²) in [5.41, 5.74) is 5.00. The molecule has 3 rings (SSSR count). The normalized spacial score (nSPS) is 10.2. The van der Waals surface area contributed by atoms with Gasteiger partial charge in [-0.25, -0.2) is 4.98 Å². The first-order valence-electron chi connectivity index (χ1n) is 6.77. The number of nitrogens with two attached hydrogens (primary N) is 1. The van der Waals surface area contributed by atoms with Gasteiger partial charge < -0.3 is 20.5 Å². The van der Waals surface area contributed by atoms with Crippen LogP contribution in [0, 0.1) is 0 Å². The number of carbonyl (C=O) groups is 1. The molecule has 0 saturated heterocycles. The van der Waals surface area contributed by atoms with Gasteiger partial charge in [-0.3, -0.25) is 4.79 Å². The van der Waals surface area contributed by atoms with Crippen LogP contribution in [0.2, 0.25) is 0 Å². The third-order valence-electron chi connectivity index (χ3n) is 3.34. The van der Waals surface area contributed by atoms with Gasteiger partial charge in [-0.2, -0.15) is 0 Å². The Morgan fingerprint density at radius 2 is 1.92 bits per heavy atom. The maximum Gasteiger partial charge on any atom is 1.00 e. The number of aromatic carboxylic acids is 1. The van der Waals surface area contributed by atoms with Gasteiger partial charge in [0.25, 0.3) is 5.56 Å². The summed E-state index contributed by atoms with van der Waals surface area (Å²) in [7, 11) is 0. The first-order chi connectivity index (χ1) is 11.1. The van der Waals surface area contributed by atoms with E-state index in [0.29, 0.717) is 5.39 Å². The molecule has 7 nitrogen and oxygen atoms in total. The molecule has 0 radical (unpaired) electrons. The van der Waals surface area contributed by atoms with Crippen molar-refractivity contribution in [1.29, 1.82) is 0 Å².